The van der Waals surface area contributed by atoms with Gasteiger partial charge >= 0.3 is 0 Å². The van der Waals surface area contributed by atoms with Crippen LogP contribution in [0.25, 0.3) is 0 Å². The van der Waals surface area contributed by atoms with E-state index in [-0.39, 0.29) is 5.91 Å². The number of benzene rings is 1. The summed E-state index contributed by atoms with van der Waals surface area (Å²) in [6.07, 6.45) is 5.49. The summed E-state index contributed by atoms with van der Waals surface area (Å²) in [5.41, 5.74) is 7.32. The summed E-state index contributed by atoms with van der Waals surface area (Å²) >= 11 is 0. The minimum Gasteiger partial charge on any atom is -0.382 e. The van der Waals surface area contributed by atoms with Crippen molar-refractivity contribution >= 4 is 11.6 Å². The number of hydrogen-bond donors (Lipinski definition) is 2. The maximum absolute atomic E-state index is 10.9. The van der Waals surface area contributed by atoms with Crippen molar-refractivity contribution in [2.75, 3.05) is 5.32 Å². The Hall–Kier alpha value is -1.51. The van der Waals surface area contributed by atoms with Crippen molar-refractivity contribution in [3.63, 3.8) is 0 Å². The molecule has 0 unspecified atom stereocenters. The molecule has 0 aliphatic heterocycles. The Morgan fingerprint density at radius 1 is 1.20 bits per heavy atom. The van der Waals surface area contributed by atoms with E-state index < -0.39 is 0 Å². The topological polar surface area (TPSA) is 55.1 Å². The Balaban J connectivity index is 1.83. The van der Waals surface area contributed by atoms with Crippen molar-refractivity contribution in [1.29, 1.82) is 0 Å². The second-order valence-corrected chi connectivity index (χ2v) is 6.34. The Labute approximate surface area is 121 Å². The summed E-state index contributed by atoms with van der Waals surface area (Å²) in [5.74, 6) is 1.42. The maximum Gasteiger partial charge on any atom is 0.221 e. The van der Waals surface area contributed by atoms with Crippen molar-refractivity contribution in [3.05, 3.63) is 29.8 Å². The average Bonchev–Trinajstić information content (AvgIpc) is 2.41. The monoisotopic (exact) mass is 274 g/mol. The van der Waals surface area contributed by atoms with Gasteiger partial charge in [0, 0.05) is 11.7 Å². The number of nitrogens with one attached hydrogen (secondary N) is 1. The fourth-order valence-electron chi connectivity index (χ4n) is 3.09. The van der Waals surface area contributed by atoms with Gasteiger partial charge in [-0.15, -0.1) is 0 Å². The molecule has 20 heavy (non-hydrogen) atoms. The molecule has 2 rings (SSSR count). The van der Waals surface area contributed by atoms with Crippen molar-refractivity contribution < 1.29 is 4.79 Å². The minimum absolute atomic E-state index is 0.280. The van der Waals surface area contributed by atoms with Gasteiger partial charge in [0.15, 0.2) is 0 Å². The van der Waals surface area contributed by atoms with Crippen LogP contribution in [0.4, 0.5) is 5.69 Å². The summed E-state index contributed by atoms with van der Waals surface area (Å²) in [4.78, 5) is 10.9. The molecule has 1 amide bonds. The molecule has 0 bridgehead atoms. The van der Waals surface area contributed by atoms with Crippen molar-refractivity contribution in [2.24, 2.45) is 17.6 Å². The number of carbonyl (C=O) groups is 1. The van der Waals surface area contributed by atoms with E-state index in [4.69, 9.17) is 5.73 Å². The molecule has 3 N–H and O–H groups in total. The highest BCUT2D eigenvalue weighted by Crippen LogP contribution is 2.31. The number of nitrogens with two attached hydrogens (primary N) is 1. The summed E-state index contributed by atoms with van der Waals surface area (Å²) < 4.78 is 0. The lowest BCUT2D eigenvalue weighted by atomic mass is 9.79. The molecule has 0 aromatic heterocycles. The zero-order valence-electron chi connectivity index (χ0n) is 12.6. The van der Waals surface area contributed by atoms with Crippen LogP contribution in [-0.2, 0) is 11.2 Å². The number of primary amides is 1. The van der Waals surface area contributed by atoms with E-state index in [1.54, 1.807) is 0 Å². The highest BCUT2D eigenvalue weighted by atomic mass is 16.1. The molecule has 110 valence electrons. The smallest absolute Gasteiger partial charge is 0.221 e. The fraction of sp³-hybridized carbons (Fsp3) is 0.588. The Morgan fingerprint density at radius 3 is 2.30 bits per heavy atom. The van der Waals surface area contributed by atoms with E-state index in [0.717, 1.165) is 23.1 Å². The van der Waals surface area contributed by atoms with E-state index in [0.29, 0.717) is 12.5 Å². The van der Waals surface area contributed by atoms with Crippen LogP contribution in [0, 0.1) is 11.8 Å². The van der Waals surface area contributed by atoms with Crippen LogP contribution in [0.1, 0.15) is 45.1 Å². The fourth-order valence-corrected chi connectivity index (χ4v) is 3.09. The molecule has 0 spiro atoms. The van der Waals surface area contributed by atoms with Gasteiger partial charge in [-0.25, -0.2) is 0 Å². The Kier molecular flexibility index (Phi) is 5.05. The first kappa shape index (κ1) is 14.9. The van der Waals surface area contributed by atoms with Crippen LogP contribution in [-0.4, -0.2) is 11.9 Å². The molecule has 0 heterocycles. The van der Waals surface area contributed by atoms with Gasteiger partial charge in [-0.2, -0.15) is 0 Å². The van der Waals surface area contributed by atoms with Crippen molar-refractivity contribution in [2.45, 2.75) is 52.0 Å². The lowest BCUT2D eigenvalue weighted by molar-refractivity contribution is -0.117. The molecular formula is C17H26N2O. The largest absolute Gasteiger partial charge is 0.382 e. The van der Waals surface area contributed by atoms with Gasteiger partial charge in [0.2, 0.25) is 5.91 Å². The molecule has 0 atom stereocenters. The zero-order valence-corrected chi connectivity index (χ0v) is 12.6. The maximum atomic E-state index is 10.9. The molecule has 3 nitrogen and oxygen atoms in total. The van der Waals surface area contributed by atoms with Gasteiger partial charge in [0.1, 0.15) is 0 Å². The predicted octanol–water partition coefficient (Wildman–Crippen LogP) is 3.34. The van der Waals surface area contributed by atoms with E-state index >= 15 is 0 Å². The highest BCUT2D eigenvalue weighted by molar-refractivity contribution is 5.76. The van der Waals surface area contributed by atoms with Crippen LogP contribution in [0.15, 0.2) is 24.3 Å². The second-order valence-electron chi connectivity index (χ2n) is 6.34. The molecular weight excluding hydrogens is 248 g/mol. The summed E-state index contributed by atoms with van der Waals surface area (Å²) in [6, 6.07) is 8.64. The predicted molar refractivity (Wildman–Crippen MR) is 83.5 cm³/mol. The second kappa shape index (κ2) is 6.78. The normalized spacial score (nSPS) is 22.8. The van der Waals surface area contributed by atoms with Gasteiger partial charge in [0.25, 0.3) is 0 Å². The third kappa shape index (κ3) is 4.26. The third-order valence-electron chi connectivity index (χ3n) is 4.42. The van der Waals surface area contributed by atoms with E-state index in [2.05, 4.69) is 19.2 Å². The molecule has 1 saturated carbocycles. The zero-order chi connectivity index (χ0) is 14.5. The number of hydrogen-bond acceptors (Lipinski definition) is 2. The van der Waals surface area contributed by atoms with Crippen LogP contribution in [0.2, 0.25) is 0 Å². The standard InChI is InChI=1S/C17H26N2O/c1-12(2)14-5-9-16(10-6-14)19-15-7-3-13(4-8-15)11-17(18)20/h3-4,7-8,12,14,16,19H,5-6,9-11H2,1-2H3,(H2,18,20). The molecule has 1 aromatic rings. The van der Waals surface area contributed by atoms with Crippen molar-refractivity contribution in [3.8, 4) is 0 Å². The molecule has 0 saturated heterocycles. The summed E-state index contributed by atoms with van der Waals surface area (Å²) in [7, 11) is 0. The van der Waals surface area contributed by atoms with E-state index in [9.17, 15) is 4.79 Å². The first-order valence-corrected chi connectivity index (χ1v) is 7.68. The van der Waals surface area contributed by atoms with E-state index in [1.165, 1.54) is 25.7 Å². The number of amides is 1. The summed E-state index contributed by atoms with van der Waals surface area (Å²) in [6.45, 7) is 4.66. The quantitative estimate of drug-likeness (QED) is 0.865. The Bertz CT molecular complexity index is 431. The van der Waals surface area contributed by atoms with Crippen LogP contribution in [0.5, 0.6) is 0 Å². The molecule has 1 fully saturated rings. The number of carbonyl (C=O) groups excluding carboxylic acids is 1. The molecule has 1 aliphatic carbocycles. The lowest BCUT2D eigenvalue weighted by Gasteiger charge is -2.31. The van der Waals surface area contributed by atoms with Gasteiger partial charge in [-0.3, -0.25) is 4.79 Å². The molecule has 1 aromatic carbocycles. The average molecular weight is 274 g/mol. The van der Waals surface area contributed by atoms with Crippen LogP contribution < -0.4 is 11.1 Å². The first-order chi connectivity index (χ1) is 9.54. The molecule has 1 aliphatic rings. The van der Waals surface area contributed by atoms with E-state index in [1.807, 2.05) is 24.3 Å². The molecule has 0 radical (unpaired) electrons. The lowest BCUT2D eigenvalue weighted by Crippen LogP contribution is -2.27. The van der Waals surface area contributed by atoms with Crippen LogP contribution in [0.3, 0.4) is 0 Å². The van der Waals surface area contributed by atoms with Crippen LogP contribution >= 0.6 is 0 Å². The minimum atomic E-state index is -0.280. The summed E-state index contributed by atoms with van der Waals surface area (Å²) in [5, 5.41) is 3.60. The Morgan fingerprint density at radius 2 is 1.80 bits per heavy atom. The van der Waals surface area contributed by atoms with Gasteiger partial charge in [-0.1, -0.05) is 26.0 Å². The van der Waals surface area contributed by atoms with Gasteiger partial charge < -0.3 is 11.1 Å². The van der Waals surface area contributed by atoms with Crippen molar-refractivity contribution in [1.82, 2.24) is 0 Å². The number of rotatable bonds is 5. The van der Waals surface area contributed by atoms with Gasteiger partial charge in [0.05, 0.1) is 6.42 Å². The number of anilines is 1. The highest BCUT2D eigenvalue weighted by Gasteiger charge is 2.22. The molecule has 3 heteroatoms. The third-order valence-corrected chi connectivity index (χ3v) is 4.42. The SMILES string of the molecule is CC(C)C1CCC(Nc2ccc(CC(N)=O)cc2)CC1. The first-order valence-electron chi connectivity index (χ1n) is 7.68. The van der Waals surface area contributed by atoms with Gasteiger partial charge in [-0.05, 0) is 55.2 Å².